The van der Waals surface area contributed by atoms with Gasteiger partial charge in [-0.05, 0) is 20.8 Å². The van der Waals surface area contributed by atoms with E-state index in [1.54, 1.807) is 0 Å². The number of aliphatic carboxylic acids is 1. The zero-order valence-corrected chi connectivity index (χ0v) is 9.57. The molecule has 0 heterocycles. The van der Waals surface area contributed by atoms with E-state index in [0.717, 1.165) is 7.11 Å². The Labute approximate surface area is 92.5 Å². The van der Waals surface area contributed by atoms with E-state index in [-0.39, 0.29) is 0 Å². The summed E-state index contributed by atoms with van der Waals surface area (Å²) in [6.45, 7) is 4.55. The summed E-state index contributed by atoms with van der Waals surface area (Å²) in [7, 11) is 0.928. The van der Waals surface area contributed by atoms with Crippen molar-refractivity contribution in [2.24, 2.45) is 5.73 Å². The lowest BCUT2D eigenvalue weighted by molar-refractivity contribution is -0.177. The van der Waals surface area contributed by atoms with E-state index in [2.05, 4.69) is 4.74 Å². The van der Waals surface area contributed by atoms with Gasteiger partial charge in [0.05, 0.1) is 7.11 Å². The third kappa shape index (κ3) is 2.93. The summed E-state index contributed by atoms with van der Waals surface area (Å²) in [5.74, 6) is -4.57. The summed E-state index contributed by atoms with van der Waals surface area (Å²) in [6, 6.07) is 0. The zero-order chi connectivity index (χ0) is 13.1. The predicted molar refractivity (Wildman–Crippen MR) is 52.4 cm³/mol. The molecule has 0 aromatic heterocycles. The molecule has 16 heavy (non-hydrogen) atoms. The summed E-state index contributed by atoms with van der Waals surface area (Å²) in [4.78, 5) is 33.5. The lowest BCUT2D eigenvalue weighted by Gasteiger charge is -2.26. The van der Waals surface area contributed by atoms with Crippen LogP contribution in [-0.2, 0) is 23.9 Å². The number of hydrogen-bond donors (Lipinski definition) is 2. The number of ether oxygens (including phenoxy) is 2. The van der Waals surface area contributed by atoms with Gasteiger partial charge in [-0.25, -0.2) is 14.4 Å². The molecule has 0 amide bonds. The fourth-order valence-corrected chi connectivity index (χ4v) is 0.778. The monoisotopic (exact) mass is 233 g/mol. The fourth-order valence-electron chi connectivity index (χ4n) is 0.778. The third-order valence-corrected chi connectivity index (χ3v) is 1.57. The number of carboxylic acid groups (broad SMARTS) is 1. The molecule has 1 unspecified atom stereocenters. The lowest BCUT2D eigenvalue weighted by atomic mass is 10.0. The van der Waals surface area contributed by atoms with Crippen LogP contribution in [-0.4, -0.2) is 41.3 Å². The van der Waals surface area contributed by atoms with Gasteiger partial charge in [-0.2, -0.15) is 0 Å². The summed E-state index contributed by atoms with van der Waals surface area (Å²) in [5.41, 5.74) is 1.41. The average Bonchev–Trinajstić information content (AvgIpc) is 2.11. The number of carbonyl (C=O) groups is 3. The highest BCUT2D eigenvalue weighted by molar-refractivity contribution is 6.22. The van der Waals surface area contributed by atoms with Gasteiger partial charge in [0.25, 0.3) is 0 Å². The third-order valence-electron chi connectivity index (χ3n) is 1.57. The van der Waals surface area contributed by atoms with Gasteiger partial charge in [-0.3, -0.25) is 5.73 Å². The molecule has 0 saturated carbocycles. The van der Waals surface area contributed by atoms with Crippen molar-refractivity contribution in [3.63, 3.8) is 0 Å². The maximum absolute atomic E-state index is 11.5. The van der Waals surface area contributed by atoms with Crippen molar-refractivity contribution in [3.8, 4) is 0 Å². The molecule has 3 N–H and O–H groups in total. The standard InChI is InChI=1S/C9H15NO6/c1-8(2,3)16-7(14)9(10,5(11)12)6(13)15-4/h10H2,1-4H3,(H,11,12). The van der Waals surface area contributed by atoms with Gasteiger partial charge >= 0.3 is 23.4 Å². The SMILES string of the molecule is COC(=O)C(N)(C(=O)O)C(=O)OC(C)(C)C. The molecule has 0 aliphatic heterocycles. The summed E-state index contributed by atoms with van der Waals surface area (Å²) in [5, 5.41) is 8.77. The molecule has 0 rings (SSSR count). The van der Waals surface area contributed by atoms with E-state index in [9.17, 15) is 14.4 Å². The van der Waals surface area contributed by atoms with E-state index in [4.69, 9.17) is 15.6 Å². The number of esters is 2. The molecule has 0 saturated heterocycles. The largest absolute Gasteiger partial charge is 0.479 e. The molecule has 1 atom stereocenters. The summed E-state index contributed by atoms with van der Waals surface area (Å²) in [6.07, 6.45) is 0. The van der Waals surface area contributed by atoms with E-state index >= 15 is 0 Å². The first-order chi connectivity index (χ1) is 7.05. The Morgan fingerprint density at radius 2 is 1.56 bits per heavy atom. The Balaban J connectivity index is 5.16. The van der Waals surface area contributed by atoms with Crippen molar-refractivity contribution in [1.29, 1.82) is 0 Å². The zero-order valence-electron chi connectivity index (χ0n) is 9.57. The fraction of sp³-hybridized carbons (Fsp3) is 0.667. The van der Waals surface area contributed by atoms with Gasteiger partial charge in [-0.15, -0.1) is 0 Å². The van der Waals surface area contributed by atoms with Gasteiger partial charge in [0, 0.05) is 0 Å². The molecule has 0 aromatic rings. The molecule has 0 aromatic carbocycles. The molecule has 0 fully saturated rings. The van der Waals surface area contributed by atoms with Gasteiger partial charge in [0.15, 0.2) is 0 Å². The van der Waals surface area contributed by atoms with E-state index in [1.165, 1.54) is 20.8 Å². The van der Waals surface area contributed by atoms with Crippen molar-refractivity contribution in [2.45, 2.75) is 31.9 Å². The molecule has 0 radical (unpaired) electrons. The van der Waals surface area contributed by atoms with E-state index < -0.39 is 29.0 Å². The van der Waals surface area contributed by atoms with Crippen LogP contribution < -0.4 is 5.73 Å². The van der Waals surface area contributed by atoms with Crippen molar-refractivity contribution in [1.82, 2.24) is 0 Å². The van der Waals surface area contributed by atoms with Gasteiger partial charge < -0.3 is 14.6 Å². The van der Waals surface area contributed by atoms with Crippen LogP contribution in [0.1, 0.15) is 20.8 Å². The maximum atomic E-state index is 11.5. The molecule has 7 nitrogen and oxygen atoms in total. The molecule has 0 aliphatic carbocycles. The Kier molecular flexibility index (Phi) is 4.02. The molecule has 0 spiro atoms. The Morgan fingerprint density at radius 3 is 1.81 bits per heavy atom. The molecule has 0 bridgehead atoms. The van der Waals surface area contributed by atoms with Gasteiger partial charge in [0.2, 0.25) is 0 Å². The number of carboxylic acids is 1. The Bertz CT molecular complexity index is 318. The number of rotatable bonds is 3. The second-order valence-corrected chi connectivity index (χ2v) is 4.11. The first-order valence-corrected chi connectivity index (χ1v) is 4.40. The highest BCUT2D eigenvalue weighted by Crippen LogP contribution is 2.14. The normalized spacial score (nSPS) is 14.8. The minimum absolute atomic E-state index is 0.928. The van der Waals surface area contributed by atoms with E-state index in [1.807, 2.05) is 0 Å². The Hall–Kier alpha value is -1.63. The van der Waals surface area contributed by atoms with Crippen LogP contribution in [0.15, 0.2) is 0 Å². The van der Waals surface area contributed by atoms with Crippen LogP contribution in [0.5, 0.6) is 0 Å². The van der Waals surface area contributed by atoms with Crippen molar-refractivity contribution >= 4 is 17.9 Å². The van der Waals surface area contributed by atoms with Crippen LogP contribution in [0.3, 0.4) is 0 Å². The number of carbonyl (C=O) groups excluding carboxylic acids is 2. The molecule has 0 aliphatic rings. The van der Waals surface area contributed by atoms with Crippen LogP contribution >= 0.6 is 0 Å². The van der Waals surface area contributed by atoms with Gasteiger partial charge in [0.1, 0.15) is 5.60 Å². The van der Waals surface area contributed by atoms with Gasteiger partial charge in [-0.1, -0.05) is 0 Å². The van der Waals surface area contributed by atoms with Crippen LogP contribution in [0.4, 0.5) is 0 Å². The smallest absolute Gasteiger partial charge is 0.350 e. The number of methoxy groups -OCH3 is 1. The quantitative estimate of drug-likeness (QED) is 0.488. The molecule has 7 heteroatoms. The lowest BCUT2D eigenvalue weighted by Crippen LogP contribution is -2.63. The molecule has 92 valence electrons. The average molecular weight is 233 g/mol. The van der Waals surface area contributed by atoms with Crippen molar-refractivity contribution in [2.75, 3.05) is 7.11 Å². The topological polar surface area (TPSA) is 116 Å². The summed E-state index contributed by atoms with van der Waals surface area (Å²) < 4.78 is 8.91. The van der Waals surface area contributed by atoms with Crippen LogP contribution in [0, 0.1) is 0 Å². The second kappa shape index (κ2) is 4.48. The maximum Gasteiger partial charge on any atom is 0.350 e. The van der Waals surface area contributed by atoms with Crippen molar-refractivity contribution in [3.05, 3.63) is 0 Å². The van der Waals surface area contributed by atoms with E-state index in [0.29, 0.717) is 0 Å². The molecular weight excluding hydrogens is 218 g/mol. The van der Waals surface area contributed by atoms with Crippen LogP contribution in [0.25, 0.3) is 0 Å². The first-order valence-electron chi connectivity index (χ1n) is 4.40. The minimum Gasteiger partial charge on any atom is -0.479 e. The first kappa shape index (κ1) is 14.4. The number of hydrogen-bond acceptors (Lipinski definition) is 6. The minimum atomic E-state index is -2.83. The molecular formula is C9H15NO6. The number of nitrogens with two attached hydrogens (primary N) is 1. The highest BCUT2D eigenvalue weighted by atomic mass is 16.6. The second-order valence-electron chi connectivity index (χ2n) is 4.11. The Morgan fingerprint density at radius 1 is 1.12 bits per heavy atom. The van der Waals surface area contributed by atoms with Crippen molar-refractivity contribution < 1.29 is 29.0 Å². The highest BCUT2D eigenvalue weighted by Gasteiger charge is 2.54. The van der Waals surface area contributed by atoms with Crippen LogP contribution in [0.2, 0.25) is 0 Å². The predicted octanol–water partition coefficient (Wildman–Crippen LogP) is -0.717. The summed E-state index contributed by atoms with van der Waals surface area (Å²) >= 11 is 0.